The summed E-state index contributed by atoms with van der Waals surface area (Å²) in [6.45, 7) is 0.750. The van der Waals surface area contributed by atoms with Crippen LogP contribution in [0.5, 0.6) is 0 Å². The maximum absolute atomic E-state index is 4.24. The van der Waals surface area contributed by atoms with E-state index in [9.17, 15) is 0 Å². The molecular weight excluding hydrogens is 176 g/mol. The van der Waals surface area contributed by atoms with Gasteiger partial charge in [-0.2, -0.15) is 0 Å². The van der Waals surface area contributed by atoms with Crippen molar-refractivity contribution in [1.29, 1.82) is 0 Å². The number of rotatable bonds is 3. The third-order valence-corrected chi connectivity index (χ3v) is 1.95. The molecule has 0 saturated carbocycles. The first kappa shape index (κ1) is 8.90. The topological polar surface area (TPSA) is 53.6 Å². The molecule has 4 heteroatoms. The highest BCUT2D eigenvalue weighted by atomic mass is 15.0. The number of imidazole rings is 1. The number of hydrogen-bond acceptors (Lipinski definition) is 3. The van der Waals surface area contributed by atoms with Crippen molar-refractivity contribution in [2.75, 3.05) is 7.05 Å². The minimum absolute atomic E-state index is 0.750. The average molecular weight is 188 g/mol. The van der Waals surface area contributed by atoms with Gasteiger partial charge in [-0.15, -0.1) is 0 Å². The van der Waals surface area contributed by atoms with Crippen molar-refractivity contribution in [1.82, 2.24) is 20.3 Å². The highest BCUT2D eigenvalue weighted by molar-refractivity contribution is 5.56. The van der Waals surface area contributed by atoms with E-state index in [0.717, 1.165) is 23.6 Å². The van der Waals surface area contributed by atoms with Crippen molar-refractivity contribution in [3.05, 3.63) is 36.5 Å². The predicted octanol–water partition coefficient (Wildman–Crippen LogP) is 1.19. The second-order valence-electron chi connectivity index (χ2n) is 3.02. The van der Waals surface area contributed by atoms with Gasteiger partial charge >= 0.3 is 0 Å². The number of pyridine rings is 1. The van der Waals surface area contributed by atoms with Crippen LogP contribution in [0.15, 0.2) is 30.7 Å². The summed E-state index contributed by atoms with van der Waals surface area (Å²) in [5.41, 5.74) is 2.06. The zero-order valence-corrected chi connectivity index (χ0v) is 7.99. The first-order valence-corrected chi connectivity index (χ1v) is 4.49. The number of aromatic nitrogens is 3. The first-order chi connectivity index (χ1) is 6.90. The fourth-order valence-electron chi connectivity index (χ4n) is 1.29. The Kier molecular flexibility index (Phi) is 2.55. The van der Waals surface area contributed by atoms with Crippen LogP contribution in [0.4, 0.5) is 0 Å². The highest BCUT2D eigenvalue weighted by Crippen LogP contribution is 2.14. The zero-order valence-electron chi connectivity index (χ0n) is 7.99. The standard InChI is InChI=1S/C10H12N4/c1-11-7-10-13-6-9(14-10)8-3-2-4-12-5-8/h2-6,11H,7H2,1H3,(H,13,14). The molecule has 2 aromatic rings. The molecule has 2 heterocycles. The van der Waals surface area contributed by atoms with Crippen LogP contribution in [0.2, 0.25) is 0 Å². The molecule has 14 heavy (non-hydrogen) atoms. The number of hydrogen-bond donors (Lipinski definition) is 2. The van der Waals surface area contributed by atoms with E-state index in [2.05, 4.69) is 20.3 Å². The average Bonchev–Trinajstić information content (AvgIpc) is 2.68. The minimum atomic E-state index is 0.750. The lowest BCUT2D eigenvalue weighted by molar-refractivity contribution is 0.772. The number of H-pyrrole nitrogens is 1. The van der Waals surface area contributed by atoms with E-state index in [1.54, 1.807) is 6.20 Å². The van der Waals surface area contributed by atoms with Gasteiger partial charge in [-0.1, -0.05) is 0 Å². The molecule has 0 spiro atoms. The van der Waals surface area contributed by atoms with Gasteiger partial charge < -0.3 is 10.3 Å². The fraction of sp³-hybridized carbons (Fsp3) is 0.200. The van der Waals surface area contributed by atoms with E-state index in [1.165, 1.54) is 0 Å². The van der Waals surface area contributed by atoms with Crippen LogP contribution in [0, 0.1) is 0 Å². The van der Waals surface area contributed by atoms with Gasteiger partial charge in [0, 0.05) is 18.0 Å². The van der Waals surface area contributed by atoms with Crippen molar-refractivity contribution < 1.29 is 0 Å². The summed E-state index contributed by atoms with van der Waals surface area (Å²) >= 11 is 0. The Morgan fingerprint density at radius 2 is 2.36 bits per heavy atom. The lowest BCUT2D eigenvalue weighted by atomic mass is 10.2. The van der Waals surface area contributed by atoms with Gasteiger partial charge in [0.05, 0.1) is 18.4 Å². The lowest BCUT2D eigenvalue weighted by Gasteiger charge is -1.95. The van der Waals surface area contributed by atoms with Gasteiger partial charge in [0.25, 0.3) is 0 Å². The smallest absolute Gasteiger partial charge is 0.120 e. The highest BCUT2D eigenvalue weighted by Gasteiger charge is 2.01. The molecule has 0 amide bonds. The Labute approximate surface area is 82.4 Å². The lowest BCUT2D eigenvalue weighted by Crippen LogP contribution is -2.06. The third kappa shape index (κ3) is 1.80. The number of aromatic amines is 1. The van der Waals surface area contributed by atoms with Crippen molar-refractivity contribution in [3.63, 3.8) is 0 Å². The molecule has 2 rings (SSSR count). The molecular formula is C10H12N4. The zero-order chi connectivity index (χ0) is 9.80. The van der Waals surface area contributed by atoms with Gasteiger partial charge in [-0.05, 0) is 19.2 Å². The Balaban J connectivity index is 2.25. The summed E-state index contributed by atoms with van der Waals surface area (Å²) in [7, 11) is 1.90. The normalized spacial score (nSPS) is 10.4. The van der Waals surface area contributed by atoms with Crippen LogP contribution >= 0.6 is 0 Å². The van der Waals surface area contributed by atoms with Crippen molar-refractivity contribution in [2.45, 2.75) is 6.54 Å². The molecule has 2 N–H and O–H groups in total. The van der Waals surface area contributed by atoms with Crippen LogP contribution < -0.4 is 5.32 Å². The summed E-state index contributed by atoms with van der Waals surface area (Å²) in [5, 5.41) is 3.04. The van der Waals surface area contributed by atoms with E-state index in [0.29, 0.717) is 0 Å². The monoisotopic (exact) mass is 188 g/mol. The SMILES string of the molecule is CNCc1ncc(-c2cccnc2)[nH]1. The second-order valence-corrected chi connectivity index (χ2v) is 3.02. The summed E-state index contributed by atoms with van der Waals surface area (Å²) in [6, 6.07) is 3.91. The molecule has 0 aliphatic heterocycles. The number of nitrogens with one attached hydrogen (secondary N) is 2. The third-order valence-electron chi connectivity index (χ3n) is 1.95. The summed E-state index contributed by atoms with van der Waals surface area (Å²) in [6.07, 6.45) is 5.40. The molecule has 0 atom stereocenters. The predicted molar refractivity (Wildman–Crippen MR) is 54.6 cm³/mol. The van der Waals surface area contributed by atoms with Crippen LogP contribution in [0.25, 0.3) is 11.3 Å². The molecule has 0 aliphatic rings. The van der Waals surface area contributed by atoms with Gasteiger partial charge in [0.15, 0.2) is 0 Å². The molecule has 0 fully saturated rings. The van der Waals surface area contributed by atoms with E-state index in [-0.39, 0.29) is 0 Å². The fourth-order valence-corrected chi connectivity index (χ4v) is 1.29. The Morgan fingerprint density at radius 3 is 3.07 bits per heavy atom. The summed E-state index contributed by atoms with van der Waals surface area (Å²) in [4.78, 5) is 11.5. The molecule has 0 radical (unpaired) electrons. The second kappa shape index (κ2) is 4.02. The van der Waals surface area contributed by atoms with E-state index < -0.39 is 0 Å². The summed E-state index contributed by atoms with van der Waals surface area (Å²) in [5.74, 6) is 0.936. The molecule has 0 aliphatic carbocycles. The van der Waals surface area contributed by atoms with Gasteiger partial charge in [0.2, 0.25) is 0 Å². The molecule has 0 bridgehead atoms. The Morgan fingerprint density at radius 1 is 1.43 bits per heavy atom. The molecule has 0 aromatic carbocycles. The van der Waals surface area contributed by atoms with E-state index in [1.807, 2.05) is 31.6 Å². The van der Waals surface area contributed by atoms with E-state index in [4.69, 9.17) is 0 Å². The van der Waals surface area contributed by atoms with E-state index >= 15 is 0 Å². The maximum atomic E-state index is 4.24. The van der Waals surface area contributed by atoms with Crippen LogP contribution in [0.3, 0.4) is 0 Å². The minimum Gasteiger partial charge on any atom is -0.341 e. The van der Waals surface area contributed by atoms with Crippen LogP contribution in [-0.4, -0.2) is 22.0 Å². The van der Waals surface area contributed by atoms with Gasteiger partial charge in [0.1, 0.15) is 5.82 Å². The summed E-state index contributed by atoms with van der Waals surface area (Å²) < 4.78 is 0. The number of nitrogens with zero attached hydrogens (tertiary/aromatic N) is 2. The van der Waals surface area contributed by atoms with Crippen molar-refractivity contribution in [3.8, 4) is 11.3 Å². The Bertz CT molecular complexity index is 394. The maximum Gasteiger partial charge on any atom is 0.120 e. The van der Waals surface area contributed by atoms with Crippen molar-refractivity contribution in [2.24, 2.45) is 0 Å². The van der Waals surface area contributed by atoms with Gasteiger partial charge in [-0.25, -0.2) is 4.98 Å². The molecule has 0 saturated heterocycles. The van der Waals surface area contributed by atoms with Crippen molar-refractivity contribution >= 4 is 0 Å². The molecule has 4 nitrogen and oxygen atoms in total. The Hall–Kier alpha value is -1.68. The largest absolute Gasteiger partial charge is 0.341 e. The molecule has 0 unspecified atom stereocenters. The first-order valence-electron chi connectivity index (χ1n) is 4.49. The van der Waals surface area contributed by atoms with Crippen LogP contribution in [0.1, 0.15) is 5.82 Å². The molecule has 2 aromatic heterocycles. The quantitative estimate of drug-likeness (QED) is 0.760. The van der Waals surface area contributed by atoms with Crippen LogP contribution in [-0.2, 0) is 6.54 Å². The van der Waals surface area contributed by atoms with Gasteiger partial charge in [-0.3, -0.25) is 4.98 Å². The molecule has 72 valence electrons.